The van der Waals surface area contributed by atoms with Gasteiger partial charge >= 0.3 is 0 Å². The average molecular weight is 346 g/mol. The van der Waals surface area contributed by atoms with Crippen molar-refractivity contribution in [3.05, 3.63) is 28.2 Å². The van der Waals surface area contributed by atoms with E-state index in [0.717, 1.165) is 17.8 Å². The van der Waals surface area contributed by atoms with Gasteiger partial charge < -0.3 is 4.57 Å². The molecule has 1 saturated carbocycles. The van der Waals surface area contributed by atoms with Crippen molar-refractivity contribution in [2.45, 2.75) is 32.7 Å². The summed E-state index contributed by atoms with van der Waals surface area (Å²) in [4.78, 5) is 4.55. The number of aromatic nitrogens is 2. The highest BCUT2D eigenvalue weighted by Gasteiger charge is 2.48. The molecule has 2 aromatic rings. The highest BCUT2D eigenvalue weighted by Crippen LogP contribution is 2.56. The quantitative estimate of drug-likeness (QED) is 0.738. The van der Waals surface area contributed by atoms with E-state index in [0.29, 0.717) is 28.3 Å². The van der Waals surface area contributed by atoms with Crippen molar-refractivity contribution >= 4 is 38.6 Å². The number of fused-ring (bicyclic) bond motifs is 1. The van der Waals surface area contributed by atoms with Gasteiger partial charge in [0.25, 0.3) is 0 Å². The lowest BCUT2D eigenvalue weighted by Crippen LogP contribution is -2.06. The SMILES string of the molecule is CC1(C)CC1n1c(CCCl)nc2cc(F)c(Br)cc21. The number of rotatable bonds is 3. The normalized spacial score (nSPS) is 21.0. The maximum Gasteiger partial charge on any atom is 0.139 e. The lowest BCUT2D eigenvalue weighted by atomic mass is 10.2. The average Bonchev–Trinajstić information content (AvgIpc) is 2.80. The van der Waals surface area contributed by atoms with Crippen LogP contribution >= 0.6 is 27.5 Å². The van der Waals surface area contributed by atoms with Crippen LogP contribution < -0.4 is 0 Å². The maximum absolute atomic E-state index is 13.6. The van der Waals surface area contributed by atoms with E-state index in [1.54, 1.807) is 0 Å². The Bertz CT molecular complexity index is 650. The largest absolute Gasteiger partial charge is 0.324 e. The molecule has 5 heteroatoms. The van der Waals surface area contributed by atoms with E-state index in [9.17, 15) is 4.39 Å². The smallest absolute Gasteiger partial charge is 0.139 e. The predicted octanol–water partition coefficient (Wildman–Crippen LogP) is 4.69. The number of hydrogen-bond donors (Lipinski definition) is 0. The lowest BCUT2D eigenvalue weighted by Gasteiger charge is -2.10. The second-order valence-corrected chi connectivity index (χ2v) is 7.03. The molecule has 0 amide bonds. The Kier molecular flexibility index (Phi) is 3.13. The number of hydrogen-bond acceptors (Lipinski definition) is 1. The molecule has 102 valence electrons. The van der Waals surface area contributed by atoms with Crippen LogP contribution in [0.3, 0.4) is 0 Å². The molecule has 1 aliphatic rings. The summed E-state index contributed by atoms with van der Waals surface area (Å²) >= 11 is 9.11. The topological polar surface area (TPSA) is 17.8 Å². The lowest BCUT2D eigenvalue weighted by molar-refractivity contribution is 0.537. The summed E-state index contributed by atoms with van der Waals surface area (Å²) in [5, 5.41) is 0. The first-order valence-electron chi connectivity index (χ1n) is 6.36. The van der Waals surface area contributed by atoms with Gasteiger partial charge in [0.2, 0.25) is 0 Å². The van der Waals surface area contributed by atoms with E-state index in [-0.39, 0.29) is 11.2 Å². The fourth-order valence-electron chi connectivity index (χ4n) is 2.63. The van der Waals surface area contributed by atoms with Gasteiger partial charge in [-0.15, -0.1) is 11.6 Å². The number of imidazole rings is 1. The molecule has 1 fully saturated rings. The zero-order chi connectivity index (χ0) is 13.8. The summed E-state index contributed by atoms with van der Waals surface area (Å²) in [5.74, 6) is 1.21. The van der Waals surface area contributed by atoms with Gasteiger partial charge in [-0.2, -0.15) is 0 Å². The third-order valence-corrected chi connectivity index (χ3v) is 4.69. The zero-order valence-electron chi connectivity index (χ0n) is 10.9. The first-order chi connectivity index (χ1) is 8.94. The van der Waals surface area contributed by atoms with Crippen molar-refractivity contribution in [2.24, 2.45) is 5.41 Å². The Morgan fingerprint density at radius 3 is 2.79 bits per heavy atom. The van der Waals surface area contributed by atoms with Crippen LogP contribution in [0.25, 0.3) is 11.0 Å². The van der Waals surface area contributed by atoms with Crippen LogP contribution in [-0.4, -0.2) is 15.4 Å². The van der Waals surface area contributed by atoms with Crippen LogP contribution in [0.4, 0.5) is 4.39 Å². The van der Waals surface area contributed by atoms with E-state index >= 15 is 0 Å². The number of halogens is 3. The molecule has 0 radical (unpaired) electrons. The molecule has 0 saturated heterocycles. The first-order valence-corrected chi connectivity index (χ1v) is 7.68. The summed E-state index contributed by atoms with van der Waals surface area (Å²) in [6.07, 6.45) is 1.84. The van der Waals surface area contributed by atoms with Crippen molar-refractivity contribution in [3.63, 3.8) is 0 Å². The Morgan fingerprint density at radius 2 is 2.21 bits per heavy atom. The second kappa shape index (κ2) is 4.45. The van der Waals surface area contributed by atoms with Crippen molar-refractivity contribution in [3.8, 4) is 0 Å². The Labute approximate surface area is 125 Å². The van der Waals surface area contributed by atoms with E-state index in [2.05, 4.69) is 39.3 Å². The third-order valence-electron chi connectivity index (χ3n) is 3.90. The highest BCUT2D eigenvalue weighted by atomic mass is 79.9. The summed E-state index contributed by atoms with van der Waals surface area (Å²) in [7, 11) is 0. The molecule has 2 nitrogen and oxygen atoms in total. The molecule has 3 rings (SSSR count). The Hall–Kier alpha value is -0.610. The molecular weight excluding hydrogens is 331 g/mol. The maximum atomic E-state index is 13.6. The molecule has 1 unspecified atom stereocenters. The minimum Gasteiger partial charge on any atom is -0.324 e. The molecule has 1 heterocycles. The van der Waals surface area contributed by atoms with E-state index in [1.165, 1.54) is 6.07 Å². The van der Waals surface area contributed by atoms with Crippen LogP contribution in [-0.2, 0) is 6.42 Å². The minimum absolute atomic E-state index is 0.273. The fourth-order valence-corrected chi connectivity index (χ4v) is 3.13. The number of benzene rings is 1. The summed E-state index contributed by atoms with van der Waals surface area (Å²) in [5.41, 5.74) is 1.99. The van der Waals surface area contributed by atoms with E-state index < -0.39 is 0 Å². The summed E-state index contributed by atoms with van der Waals surface area (Å²) in [6, 6.07) is 3.75. The van der Waals surface area contributed by atoms with Crippen molar-refractivity contribution in [1.82, 2.24) is 9.55 Å². The molecule has 0 aliphatic heterocycles. The van der Waals surface area contributed by atoms with Crippen molar-refractivity contribution in [2.75, 3.05) is 5.88 Å². The van der Waals surface area contributed by atoms with Gasteiger partial charge in [0.1, 0.15) is 11.6 Å². The number of alkyl halides is 1. The second-order valence-electron chi connectivity index (χ2n) is 5.80. The number of aryl methyl sites for hydroxylation is 1. The van der Waals surface area contributed by atoms with Gasteiger partial charge in [-0.25, -0.2) is 9.37 Å². The summed E-state index contributed by atoms with van der Waals surface area (Å²) in [6.45, 7) is 4.49. The van der Waals surface area contributed by atoms with Crippen molar-refractivity contribution in [1.29, 1.82) is 0 Å². The molecule has 1 aliphatic carbocycles. The molecular formula is C14H15BrClFN2. The monoisotopic (exact) mass is 344 g/mol. The summed E-state index contributed by atoms with van der Waals surface area (Å²) < 4.78 is 16.3. The molecule has 0 bridgehead atoms. The molecule has 0 spiro atoms. The third kappa shape index (κ3) is 2.19. The molecule has 0 N–H and O–H groups in total. The molecule has 1 aromatic carbocycles. The van der Waals surface area contributed by atoms with Gasteiger partial charge in [-0.1, -0.05) is 13.8 Å². The van der Waals surface area contributed by atoms with Gasteiger partial charge in [-0.3, -0.25) is 0 Å². The Morgan fingerprint density at radius 1 is 1.53 bits per heavy atom. The van der Waals surface area contributed by atoms with Gasteiger partial charge in [-0.05, 0) is 33.8 Å². The zero-order valence-corrected chi connectivity index (χ0v) is 13.2. The van der Waals surface area contributed by atoms with Crippen LogP contribution in [0.1, 0.15) is 32.1 Å². The van der Waals surface area contributed by atoms with Gasteiger partial charge in [0.15, 0.2) is 0 Å². The molecule has 1 aromatic heterocycles. The van der Waals surface area contributed by atoms with Crippen LogP contribution in [0, 0.1) is 11.2 Å². The number of nitrogens with zero attached hydrogens (tertiary/aromatic N) is 2. The fraction of sp³-hybridized carbons (Fsp3) is 0.500. The minimum atomic E-state index is -0.273. The van der Waals surface area contributed by atoms with E-state index in [4.69, 9.17) is 11.6 Å². The van der Waals surface area contributed by atoms with Gasteiger partial charge in [0.05, 0.1) is 15.5 Å². The van der Waals surface area contributed by atoms with Crippen LogP contribution in [0.2, 0.25) is 0 Å². The highest BCUT2D eigenvalue weighted by molar-refractivity contribution is 9.10. The molecule has 19 heavy (non-hydrogen) atoms. The van der Waals surface area contributed by atoms with Crippen LogP contribution in [0.5, 0.6) is 0 Å². The first kappa shape index (κ1) is 13.4. The standard InChI is InChI=1S/C14H15BrClFN2/c1-14(2)7-12(14)19-11-5-8(15)9(17)6-10(11)18-13(19)3-4-16/h5-6,12H,3-4,7H2,1-2H3. The van der Waals surface area contributed by atoms with Crippen molar-refractivity contribution < 1.29 is 4.39 Å². The Balaban J connectivity index is 2.21. The van der Waals surface area contributed by atoms with Crippen LogP contribution in [0.15, 0.2) is 16.6 Å². The predicted molar refractivity (Wildman–Crippen MR) is 79.3 cm³/mol. The van der Waals surface area contributed by atoms with E-state index in [1.807, 2.05) is 6.07 Å². The van der Waals surface area contributed by atoms with Gasteiger partial charge in [0, 0.05) is 24.4 Å². The molecule has 1 atom stereocenters.